The Morgan fingerprint density at radius 3 is 2.64 bits per heavy atom. The number of carboxylic acid groups (broad SMARTS) is 1. The van der Waals surface area contributed by atoms with E-state index in [-0.39, 0.29) is 12.3 Å². The van der Waals surface area contributed by atoms with Crippen LogP contribution in [0.1, 0.15) is 57.1 Å². The van der Waals surface area contributed by atoms with Crippen LogP contribution >= 0.6 is 0 Å². The summed E-state index contributed by atoms with van der Waals surface area (Å²) in [4.78, 5) is 13.8. The number of fused-ring (bicyclic) bond motifs is 2. The van der Waals surface area contributed by atoms with E-state index in [9.17, 15) is 4.79 Å². The molecule has 138 valence electrons. The van der Waals surface area contributed by atoms with Gasteiger partial charge in [0.15, 0.2) is 0 Å². The monoisotopic (exact) mass is 343 g/mol. The molecule has 2 aliphatic heterocycles. The van der Waals surface area contributed by atoms with Crippen LogP contribution in [-0.4, -0.2) is 35.1 Å². The second-order valence-electron chi connectivity index (χ2n) is 8.41. The van der Waals surface area contributed by atoms with Gasteiger partial charge in [-0.25, -0.2) is 0 Å². The first-order valence-corrected chi connectivity index (χ1v) is 10.1. The first kappa shape index (κ1) is 18.4. The number of carboxylic acids is 1. The molecule has 0 radical (unpaired) electrons. The van der Waals surface area contributed by atoms with E-state index in [1.54, 1.807) is 0 Å². The molecule has 1 N–H and O–H groups in total. The number of piperidine rings is 1. The highest BCUT2D eigenvalue weighted by Crippen LogP contribution is 2.35. The van der Waals surface area contributed by atoms with Gasteiger partial charge in [-0.2, -0.15) is 0 Å². The van der Waals surface area contributed by atoms with Crippen LogP contribution in [0, 0.1) is 17.8 Å². The third kappa shape index (κ3) is 4.63. The molecule has 25 heavy (non-hydrogen) atoms. The van der Waals surface area contributed by atoms with Crippen molar-refractivity contribution in [2.75, 3.05) is 13.1 Å². The fourth-order valence-electron chi connectivity index (χ4n) is 4.92. The van der Waals surface area contributed by atoms with Crippen LogP contribution in [-0.2, 0) is 17.6 Å². The van der Waals surface area contributed by atoms with Gasteiger partial charge in [0.1, 0.15) is 0 Å². The van der Waals surface area contributed by atoms with E-state index in [0.29, 0.717) is 5.92 Å². The number of aliphatic carboxylic acids is 1. The molecule has 4 atom stereocenters. The molecular formula is C22H33NO2. The van der Waals surface area contributed by atoms with Gasteiger partial charge < -0.3 is 5.11 Å². The Morgan fingerprint density at radius 2 is 1.96 bits per heavy atom. The molecule has 1 aromatic carbocycles. The number of aryl methyl sites for hydroxylation is 1. The van der Waals surface area contributed by atoms with Crippen LogP contribution in [0.5, 0.6) is 0 Å². The fourth-order valence-corrected chi connectivity index (χ4v) is 4.92. The molecule has 3 rings (SSSR count). The van der Waals surface area contributed by atoms with Crippen LogP contribution in [0.4, 0.5) is 0 Å². The van der Waals surface area contributed by atoms with Crippen molar-refractivity contribution < 1.29 is 9.90 Å². The first-order valence-electron chi connectivity index (χ1n) is 10.1. The van der Waals surface area contributed by atoms with E-state index in [1.165, 1.54) is 49.9 Å². The highest BCUT2D eigenvalue weighted by atomic mass is 16.4. The zero-order valence-electron chi connectivity index (χ0n) is 15.8. The molecule has 3 nitrogen and oxygen atoms in total. The SMILES string of the molecule is CC(C)C(CCc1ccccc1CC1C2CCCN1CC2)CC(=O)O. The summed E-state index contributed by atoms with van der Waals surface area (Å²) in [6.45, 7) is 6.85. The van der Waals surface area contributed by atoms with Crippen molar-refractivity contribution >= 4 is 5.97 Å². The average Bonchev–Trinajstić information content (AvgIpc) is 2.80. The Kier molecular flexibility index (Phi) is 6.16. The summed E-state index contributed by atoms with van der Waals surface area (Å²) >= 11 is 0. The average molecular weight is 344 g/mol. The predicted octanol–water partition coefficient (Wildman–Crippen LogP) is 4.39. The number of nitrogens with zero attached hydrogens (tertiary/aromatic N) is 1. The van der Waals surface area contributed by atoms with Gasteiger partial charge in [-0.05, 0) is 80.5 Å². The maximum absolute atomic E-state index is 11.1. The molecule has 0 aromatic heterocycles. The molecule has 0 saturated carbocycles. The largest absolute Gasteiger partial charge is 0.481 e. The maximum Gasteiger partial charge on any atom is 0.303 e. The van der Waals surface area contributed by atoms with Gasteiger partial charge in [0.05, 0.1) is 0 Å². The molecule has 4 unspecified atom stereocenters. The summed E-state index contributed by atoms with van der Waals surface area (Å²) in [5.41, 5.74) is 2.92. The van der Waals surface area contributed by atoms with E-state index in [2.05, 4.69) is 43.0 Å². The number of carbonyl (C=O) groups is 1. The van der Waals surface area contributed by atoms with Gasteiger partial charge >= 0.3 is 5.97 Å². The van der Waals surface area contributed by atoms with Crippen LogP contribution < -0.4 is 0 Å². The smallest absolute Gasteiger partial charge is 0.303 e. The minimum absolute atomic E-state index is 0.264. The highest BCUT2D eigenvalue weighted by molar-refractivity contribution is 5.67. The third-order valence-corrected chi connectivity index (χ3v) is 6.53. The quantitative estimate of drug-likeness (QED) is 0.761. The van der Waals surface area contributed by atoms with E-state index >= 15 is 0 Å². The number of hydrogen-bond donors (Lipinski definition) is 1. The highest BCUT2D eigenvalue weighted by Gasteiger charge is 2.36. The molecule has 2 heterocycles. The van der Waals surface area contributed by atoms with E-state index in [4.69, 9.17) is 5.11 Å². The maximum atomic E-state index is 11.1. The van der Waals surface area contributed by atoms with Gasteiger partial charge in [-0.15, -0.1) is 0 Å². The summed E-state index contributed by atoms with van der Waals surface area (Å²) in [6.07, 6.45) is 7.58. The predicted molar refractivity (Wildman–Crippen MR) is 102 cm³/mol. The first-order chi connectivity index (χ1) is 12.0. The Balaban J connectivity index is 1.65. The number of rotatable bonds is 8. The van der Waals surface area contributed by atoms with Gasteiger partial charge in [-0.1, -0.05) is 38.1 Å². The number of benzene rings is 1. The Morgan fingerprint density at radius 1 is 1.20 bits per heavy atom. The van der Waals surface area contributed by atoms with Gasteiger partial charge in [0, 0.05) is 12.5 Å². The lowest BCUT2D eigenvalue weighted by atomic mass is 9.84. The molecule has 2 aliphatic rings. The summed E-state index contributed by atoms with van der Waals surface area (Å²) in [6, 6.07) is 9.58. The molecule has 3 heteroatoms. The Bertz CT molecular complexity index is 567. The molecule has 2 fully saturated rings. The Labute approximate surface area is 152 Å². The zero-order chi connectivity index (χ0) is 17.8. The number of hydrogen-bond acceptors (Lipinski definition) is 2. The minimum Gasteiger partial charge on any atom is -0.481 e. The fraction of sp³-hybridized carbons (Fsp3) is 0.682. The topological polar surface area (TPSA) is 40.5 Å². The second kappa shape index (κ2) is 8.35. The Hall–Kier alpha value is -1.35. The van der Waals surface area contributed by atoms with Crippen LogP contribution in [0.3, 0.4) is 0 Å². The second-order valence-corrected chi connectivity index (χ2v) is 8.41. The third-order valence-electron chi connectivity index (χ3n) is 6.53. The van der Waals surface area contributed by atoms with E-state index in [1.807, 2.05) is 0 Å². The van der Waals surface area contributed by atoms with Gasteiger partial charge in [0.25, 0.3) is 0 Å². The van der Waals surface area contributed by atoms with Crippen molar-refractivity contribution in [3.8, 4) is 0 Å². The van der Waals surface area contributed by atoms with Crippen molar-refractivity contribution in [1.29, 1.82) is 0 Å². The normalized spacial score (nSPS) is 26.8. The molecule has 0 spiro atoms. The van der Waals surface area contributed by atoms with Gasteiger partial charge in [-0.3, -0.25) is 9.69 Å². The van der Waals surface area contributed by atoms with Crippen molar-refractivity contribution in [2.45, 2.75) is 64.8 Å². The summed E-state index contributed by atoms with van der Waals surface area (Å²) in [5, 5.41) is 9.16. The molecule has 0 aliphatic carbocycles. The standard InChI is InChI=1S/C22H33NO2/c1-16(2)19(15-22(24)25)10-9-17-6-3-4-7-20(17)14-21-18-8-5-12-23(21)13-11-18/h3-4,6-7,16,18-19,21H,5,8-15H2,1-2H3,(H,24,25). The molecule has 2 bridgehead atoms. The summed E-state index contributed by atoms with van der Waals surface area (Å²) in [7, 11) is 0. The molecular weight excluding hydrogens is 310 g/mol. The van der Waals surface area contributed by atoms with Crippen molar-refractivity contribution in [3.05, 3.63) is 35.4 Å². The summed E-state index contributed by atoms with van der Waals surface area (Å²) in [5.74, 6) is 0.902. The molecule has 2 saturated heterocycles. The lowest BCUT2D eigenvalue weighted by Crippen LogP contribution is -2.39. The van der Waals surface area contributed by atoms with Crippen LogP contribution in [0.15, 0.2) is 24.3 Å². The van der Waals surface area contributed by atoms with Crippen LogP contribution in [0.25, 0.3) is 0 Å². The van der Waals surface area contributed by atoms with Crippen molar-refractivity contribution in [1.82, 2.24) is 4.90 Å². The lowest BCUT2D eigenvalue weighted by molar-refractivity contribution is -0.138. The summed E-state index contributed by atoms with van der Waals surface area (Å²) < 4.78 is 0. The van der Waals surface area contributed by atoms with Crippen LogP contribution in [0.2, 0.25) is 0 Å². The van der Waals surface area contributed by atoms with Crippen molar-refractivity contribution in [3.63, 3.8) is 0 Å². The molecule has 1 aromatic rings. The van der Waals surface area contributed by atoms with E-state index < -0.39 is 5.97 Å². The lowest BCUT2D eigenvalue weighted by Gasteiger charge is -2.33. The molecule has 0 amide bonds. The minimum atomic E-state index is -0.668. The van der Waals surface area contributed by atoms with Crippen molar-refractivity contribution in [2.24, 2.45) is 17.8 Å². The zero-order valence-corrected chi connectivity index (χ0v) is 15.8. The van der Waals surface area contributed by atoms with Gasteiger partial charge in [0.2, 0.25) is 0 Å². The van der Waals surface area contributed by atoms with E-state index in [0.717, 1.165) is 24.8 Å².